The van der Waals surface area contributed by atoms with Gasteiger partial charge in [-0.3, -0.25) is 9.59 Å². The zero-order valence-electron chi connectivity index (χ0n) is 9.36. The Labute approximate surface area is 94.3 Å². The van der Waals surface area contributed by atoms with E-state index in [2.05, 4.69) is 5.32 Å². The third-order valence-corrected chi connectivity index (χ3v) is 2.28. The number of hydrogen-bond acceptors (Lipinski definition) is 3. The number of carbonyl (C=O) groups is 2. The highest BCUT2D eigenvalue weighted by atomic mass is 16.4. The SMILES string of the molecule is CCC(=O)c1ccc(NC(C)C(=O)O)cc1. The van der Waals surface area contributed by atoms with E-state index in [1.165, 1.54) is 0 Å². The second-order valence-electron chi connectivity index (χ2n) is 3.56. The number of aliphatic carboxylic acids is 1. The lowest BCUT2D eigenvalue weighted by atomic mass is 10.1. The van der Waals surface area contributed by atoms with Crippen molar-refractivity contribution in [3.05, 3.63) is 29.8 Å². The van der Waals surface area contributed by atoms with Crippen LogP contribution in [0.25, 0.3) is 0 Å². The maximum Gasteiger partial charge on any atom is 0.325 e. The molecule has 1 rings (SSSR count). The standard InChI is InChI=1S/C12H15NO3/c1-3-11(14)9-4-6-10(7-5-9)13-8(2)12(15)16/h4-8,13H,3H2,1-2H3,(H,15,16). The molecule has 0 radical (unpaired) electrons. The van der Waals surface area contributed by atoms with Gasteiger partial charge < -0.3 is 10.4 Å². The molecule has 0 amide bonds. The molecule has 0 aliphatic heterocycles. The molecule has 1 aromatic rings. The first-order valence-corrected chi connectivity index (χ1v) is 5.17. The lowest BCUT2D eigenvalue weighted by Gasteiger charge is -2.10. The molecule has 2 N–H and O–H groups in total. The van der Waals surface area contributed by atoms with E-state index in [0.717, 1.165) is 0 Å². The summed E-state index contributed by atoms with van der Waals surface area (Å²) in [5.41, 5.74) is 1.35. The van der Waals surface area contributed by atoms with E-state index in [9.17, 15) is 9.59 Å². The molecule has 0 heterocycles. The van der Waals surface area contributed by atoms with E-state index in [0.29, 0.717) is 17.7 Å². The first kappa shape index (κ1) is 12.2. The van der Waals surface area contributed by atoms with Gasteiger partial charge in [0.05, 0.1) is 0 Å². The second kappa shape index (κ2) is 5.30. The molecule has 0 aliphatic carbocycles. The van der Waals surface area contributed by atoms with Crippen LogP contribution in [-0.4, -0.2) is 22.9 Å². The Bertz CT molecular complexity index is 384. The fourth-order valence-corrected chi connectivity index (χ4v) is 1.27. The summed E-state index contributed by atoms with van der Waals surface area (Å²) in [5, 5.41) is 11.5. The van der Waals surface area contributed by atoms with Crippen LogP contribution in [0.1, 0.15) is 30.6 Å². The number of carboxylic acids is 1. The zero-order chi connectivity index (χ0) is 12.1. The molecule has 86 valence electrons. The first-order chi connectivity index (χ1) is 7.54. The van der Waals surface area contributed by atoms with Crippen molar-refractivity contribution in [3.63, 3.8) is 0 Å². The predicted octanol–water partition coefficient (Wildman–Crippen LogP) is 2.16. The van der Waals surface area contributed by atoms with Gasteiger partial charge in [-0.2, -0.15) is 0 Å². The highest BCUT2D eigenvalue weighted by Crippen LogP contribution is 2.12. The third-order valence-electron chi connectivity index (χ3n) is 2.28. The summed E-state index contributed by atoms with van der Waals surface area (Å²) >= 11 is 0. The minimum atomic E-state index is -0.909. The molecule has 1 unspecified atom stereocenters. The lowest BCUT2D eigenvalue weighted by Crippen LogP contribution is -2.25. The molecule has 0 aliphatic rings. The topological polar surface area (TPSA) is 66.4 Å². The van der Waals surface area contributed by atoms with Crippen molar-refractivity contribution < 1.29 is 14.7 Å². The molecule has 0 bridgehead atoms. The van der Waals surface area contributed by atoms with Crippen molar-refractivity contribution in [2.24, 2.45) is 0 Å². The Kier molecular flexibility index (Phi) is 4.05. The van der Waals surface area contributed by atoms with Gasteiger partial charge in [0.15, 0.2) is 5.78 Å². The number of hydrogen-bond donors (Lipinski definition) is 2. The van der Waals surface area contributed by atoms with E-state index in [-0.39, 0.29) is 5.78 Å². The summed E-state index contributed by atoms with van der Waals surface area (Å²) in [6.45, 7) is 3.37. The number of carbonyl (C=O) groups excluding carboxylic acids is 1. The molecule has 4 nitrogen and oxygen atoms in total. The molecule has 0 fully saturated rings. The van der Waals surface area contributed by atoms with Crippen molar-refractivity contribution in [2.75, 3.05) is 5.32 Å². The third kappa shape index (κ3) is 3.08. The van der Waals surface area contributed by atoms with Crippen LogP contribution in [0.5, 0.6) is 0 Å². The molecular formula is C12H15NO3. The van der Waals surface area contributed by atoms with Gasteiger partial charge in [-0.15, -0.1) is 0 Å². The molecular weight excluding hydrogens is 206 g/mol. The van der Waals surface area contributed by atoms with Crippen LogP contribution < -0.4 is 5.32 Å². The minimum Gasteiger partial charge on any atom is -0.480 e. The highest BCUT2D eigenvalue weighted by molar-refractivity contribution is 5.96. The lowest BCUT2D eigenvalue weighted by molar-refractivity contribution is -0.137. The number of Topliss-reactive ketones (excluding diaryl/α,β-unsaturated/α-hetero) is 1. The smallest absolute Gasteiger partial charge is 0.325 e. The van der Waals surface area contributed by atoms with E-state index in [1.807, 2.05) is 0 Å². The average Bonchev–Trinajstić information content (AvgIpc) is 2.28. The Morgan fingerprint density at radius 3 is 2.31 bits per heavy atom. The van der Waals surface area contributed by atoms with Crippen molar-refractivity contribution in [1.82, 2.24) is 0 Å². The Hall–Kier alpha value is -1.84. The van der Waals surface area contributed by atoms with E-state index >= 15 is 0 Å². The Morgan fingerprint density at radius 2 is 1.88 bits per heavy atom. The number of nitrogens with one attached hydrogen (secondary N) is 1. The van der Waals surface area contributed by atoms with E-state index < -0.39 is 12.0 Å². The van der Waals surface area contributed by atoms with Crippen molar-refractivity contribution in [1.29, 1.82) is 0 Å². The van der Waals surface area contributed by atoms with Crippen LogP contribution in [-0.2, 0) is 4.79 Å². The van der Waals surface area contributed by atoms with Crippen molar-refractivity contribution in [3.8, 4) is 0 Å². The first-order valence-electron chi connectivity index (χ1n) is 5.17. The van der Waals surface area contributed by atoms with Gasteiger partial charge >= 0.3 is 5.97 Å². The van der Waals surface area contributed by atoms with Gasteiger partial charge in [-0.05, 0) is 31.2 Å². The quantitative estimate of drug-likeness (QED) is 0.748. The normalized spacial score (nSPS) is 11.9. The number of rotatable bonds is 5. The maximum absolute atomic E-state index is 11.3. The summed E-state index contributed by atoms with van der Waals surface area (Å²) < 4.78 is 0. The summed E-state index contributed by atoms with van der Waals surface area (Å²) in [5.74, 6) is -0.827. The number of carboxylic acid groups (broad SMARTS) is 1. The van der Waals surface area contributed by atoms with Crippen LogP contribution in [0.15, 0.2) is 24.3 Å². The van der Waals surface area contributed by atoms with E-state index in [1.54, 1.807) is 38.1 Å². The Morgan fingerprint density at radius 1 is 1.31 bits per heavy atom. The minimum absolute atomic E-state index is 0.0813. The van der Waals surface area contributed by atoms with E-state index in [4.69, 9.17) is 5.11 Å². The zero-order valence-corrected chi connectivity index (χ0v) is 9.36. The number of ketones is 1. The van der Waals surface area contributed by atoms with Crippen LogP contribution in [0.4, 0.5) is 5.69 Å². The molecule has 16 heavy (non-hydrogen) atoms. The molecule has 4 heteroatoms. The van der Waals surface area contributed by atoms with Gasteiger partial charge in [-0.25, -0.2) is 0 Å². The summed E-state index contributed by atoms with van der Waals surface area (Å²) in [6, 6.07) is 6.17. The van der Waals surface area contributed by atoms with Crippen LogP contribution >= 0.6 is 0 Å². The largest absolute Gasteiger partial charge is 0.480 e. The summed E-state index contributed by atoms with van der Waals surface area (Å²) in [7, 11) is 0. The van der Waals surface area contributed by atoms with Crippen LogP contribution in [0.3, 0.4) is 0 Å². The fourth-order valence-electron chi connectivity index (χ4n) is 1.27. The molecule has 0 saturated heterocycles. The van der Waals surface area contributed by atoms with Gasteiger partial charge in [0.2, 0.25) is 0 Å². The second-order valence-corrected chi connectivity index (χ2v) is 3.56. The van der Waals surface area contributed by atoms with Gasteiger partial charge in [0, 0.05) is 17.7 Å². The molecule has 0 aromatic heterocycles. The number of benzene rings is 1. The van der Waals surface area contributed by atoms with Crippen molar-refractivity contribution in [2.45, 2.75) is 26.3 Å². The number of anilines is 1. The predicted molar refractivity (Wildman–Crippen MR) is 61.8 cm³/mol. The monoisotopic (exact) mass is 221 g/mol. The highest BCUT2D eigenvalue weighted by Gasteiger charge is 2.10. The van der Waals surface area contributed by atoms with Crippen LogP contribution in [0, 0.1) is 0 Å². The summed E-state index contributed by atoms with van der Waals surface area (Å²) in [4.78, 5) is 21.9. The molecule has 0 saturated carbocycles. The average molecular weight is 221 g/mol. The van der Waals surface area contributed by atoms with Gasteiger partial charge in [0.25, 0.3) is 0 Å². The molecule has 1 atom stereocenters. The summed E-state index contributed by atoms with van der Waals surface area (Å²) in [6.07, 6.45) is 0.471. The fraction of sp³-hybridized carbons (Fsp3) is 0.333. The van der Waals surface area contributed by atoms with Crippen LogP contribution in [0.2, 0.25) is 0 Å². The Balaban J connectivity index is 2.72. The van der Waals surface area contributed by atoms with Gasteiger partial charge in [-0.1, -0.05) is 6.92 Å². The van der Waals surface area contributed by atoms with Crippen molar-refractivity contribution >= 4 is 17.4 Å². The molecule has 1 aromatic carbocycles. The van der Waals surface area contributed by atoms with Gasteiger partial charge in [0.1, 0.15) is 6.04 Å². The maximum atomic E-state index is 11.3. The molecule has 0 spiro atoms.